The highest BCUT2D eigenvalue weighted by atomic mass is 19.1. The average molecular weight is 387 g/mol. The van der Waals surface area contributed by atoms with Crippen LogP contribution in [0.4, 0.5) is 4.39 Å². The Labute approximate surface area is 165 Å². The summed E-state index contributed by atoms with van der Waals surface area (Å²) in [5.74, 6) is -0.263. The van der Waals surface area contributed by atoms with Crippen LogP contribution in [0.3, 0.4) is 0 Å². The Balaban J connectivity index is 1.66. The quantitative estimate of drug-likeness (QED) is 0.467. The molecule has 0 saturated carbocycles. The van der Waals surface area contributed by atoms with Crippen molar-refractivity contribution in [1.29, 1.82) is 0 Å². The van der Waals surface area contributed by atoms with Gasteiger partial charge in [-0.05, 0) is 24.6 Å². The molecule has 0 fully saturated rings. The summed E-state index contributed by atoms with van der Waals surface area (Å²) < 4.78 is 18.9. The molecule has 0 aliphatic rings. The molecule has 4 heterocycles. The molecule has 0 bridgehead atoms. The average Bonchev–Trinajstić information content (AvgIpc) is 3.36. The summed E-state index contributed by atoms with van der Waals surface area (Å²) in [4.78, 5) is 17.8. The minimum Gasteiger partial charge on any atom is -0.306 e. The maximum atomic E-state index is 15.3. The molecule has 7 nitrogen and oxygen atoms in total. The SMILES string of the molecule is CCC(c1ccc2ncccc2c1F)n1cnc2ncc(-c3cnn(C)c3)nc21. The van der Waals surface area contributed by atoms with Crippen LogP contribution >= 0.6 is 0 Å². The van der Waals surface area contributed by atoms with E-state index in [4.69, 9.17) is 4.98 Å². The maximum absolute atomic E-state index is 15.3. The fourth-order valence-corrected chi connectivity index (χ4v) is 3.69. The Morgan fingerprint density at radius 1 is 1.10 bits per heavy atom. The first-order chi connectivity index (χ1) is 14.2. The number of nitrogens with zero attached hydrogens (tertiary/aromatic N) is 7. The van der Waals surface area contributed by atoms with Crippen LogP contribution in [0, 0.1) is 5.82 Å². The van der Waals surface area contributed by atoms with Gasteiger partial charge in [0.15, 0.2) is 11.3 Å². The Hall–Kier alpha value is -3.68. The second kappa shape index (κ2) is 6.73. The lowest BCUT2D eigenvalue weighted by molar-refractivity contribution is 0.531. The van der Waals surface area contributed by atoms with Crippen molar-refractivity contribution in [2.45, 2.75) is 19.4 Å². The monoisotopic (exact) mass is 387 g/mol. The summed E-state index contributed by atoms with van der Waals surface area (Å²) in [5.41, 5.74) is 3.93. The Kier molecular flexibility index (Phi) is 4.04. The van der Waals surface area contributed by atoms with E-state index in [1.807, 2.05) is 30.8 Å². The van der Waals surface area contributed by atoms with E-state index >= 15 is 4.39 Å². The normalized spacial score (nSPS) is 12.7. The van der Waals surface area contributed by atoms with Crippen molar-refractivity contribution in [1.82, 2.24) is 34.3 Å². The number of hydrogen-bond donors (Lipinski definition) is 0. The lowest BCUT2D eigenvalue weighted by atomic mass is 10.0. The number of pyridine rings is 1. The summed E-state index contributed by atoms with van der Waals surface area (Å²) in [7, 11) is 1.85. The van der Waals surface area contributed by atoms with Gasteiger partial charge in [0.25, 0.3) is 0 Å². The first-order valence-electron chi connectivity index (χ1n) is 9.37. The Morgan fingerprint density at radius 2 is 2.00 bits per heavy atom. The van der Waals surface area contributed by atoms with E-state index in [1.54, 1.807) is 47.8 Å². The van der Waals surface area contributed by atoms with Crippen molar-refractivity contribution in [3.8, 4) is 11.3 Å². The lowest BCUT2D eigenvalue weighted by Crippen LogP contribution is -2.12. The molecule has 29 heavy (non-hydrogen) atoms. The number of aromatic nitrogens is 7. The predicted molar refractivity (Wildman–Crippen MR) is 108 cm³/mol. The molecule has 1 aromatic carbocycles. The van der Waals surface area contributed by atoms with E-state index in [1.165, 1.54) is 0 Å². The molecule has 5 aromatic rings. The second-order valence-electron chi connectivity index (χ2n) is 6.92. The van der Waals surface area contributed by atoms with Crippen LogP contribution in [0.1, 0.15) is 24.9 Å². The summed E-state index contributed by atoms with van der Waals surface area (Å²) in [6.45, 7) is 2.02. The van der Waals surface area contributed by atoms with Gasteiger partial charge in [-0.15, -0.1) is 0 Å². The standard InChI is InChI=1S/C21H18FN7/c1-3-18(15-6-7-16-14(19(15)22)5-4-8-23-16)29-12-25-20-21(29)27-17(10-24-20)13-9-26-28(2)11-13/h4-12,18H,3H2,1-2H3. The number of fused-ring (bicyclic) bond motifs is 2. The predicted octanol–water partition coefficient (Wildman–Crippen LogP) is 3.91. The summed E-state index contributed by atoms with van der Waals surface area (Å²) in [6, 6.07) is 6.88. The minimum absolute atomic E-state index is 0.261. The van der Waals surface area contributed by atoms with E-state index in [2.05, 4.69) is 20.1 Å². The number of aryl methyl sites for hydroxylation is 1. The molecule has 144 valence electrons. The lowest BCUT2D eigenvalue weighted by Gasteiger charge is -2.19. The zero-order valence-corrected chi connectivity index (χ0v) is 16.0. The molecule has 1 unspecified atom stereocenters. The molecule has 8 heteroatoms. The van der Waals surface area contributed by atoms with Gasteiger partial charge in [0.1, 0.15) is 5.82 Å². The third-order valence-corrected chi connectivity index (χ3v) is 5.12. The molecule has 5 rings (SSSR count). The highest BCUT2D eigenvalue weighted by molar-refractivity contribution is 5.80. The van der Waals surface area contributed by atoms with Gasteiger partial charge in [-0.3, -0.25) is 9.67 Å². The first kappa shape index (κ1) is 17.4. The van der Waals surface area contributed by atoms with Crippen molar-refractivity contribution in [2.24, 2.45) is 7.05 Å². The van der Waals surface area contributed by atoms with Crippen molar-refractivity contribution in [2.75, 3.05) is 0 Å². The second-order valence-corrected chi connectivity index (χ2v) is 6.92. The fourth-order valence-electron chi connectivity index (χ4n) is 3.69. The maximum Gasteiger partial charge on any atom is 0.197 e. The van der Waals surface area contributed by atoms with E-state index in [9.17, 15) is 0 Å². The molecule has 4 aromatic heterocycles. The fraction of sp³-hybridized carbons (Fsp3) is 0.190. The van der Waals surface area contributed by atoms with E-state index in [0.29, 0.717) is 39.9 Å². The van der Waals surface area contributed by atoms with Crippen molar-refractivity contribution < 1.29 is 4.39 Å². The minimum atomic E-state index is -0.263. The van der Waals surface area contributed by atoms with Crippen LogP contribution in [0.25, 0.3) is 33.5 Å². The molecule has 0 aliphatic carbocycles. The molecular formula is C21H18FN7. The first-order valence-corrected chi connectivity index (χ1v) is 9.37. The van der Waals surface area contributed by atoms with Crippen LogP contribution in [0.15, 0.2) is 55.4 Å². The largest absolute Gasteiger partial charge is 0.306 e. The van der Waals surface area contributed by atoms with Gasteiger partial charge in [-0.1, -0.05) is 13.0 Å². The van der Waals surface area contributed by atoms with Crippen molar-refractivity contribution in [3.63, 3.8) is 0 Å². The van der Waals surface area contributed by atoms with Gasteiger partial charge in [-0.2, -0.15) is 5.10 Å². The summed E-state index contributed by atoms with van der Waals surface area (Å²) in [5, 5.41) is 4.70. The molecular weight excluding hydrogens is 369 g/mol. The molecule has 0 radical (unpaired) electrons. The molecule has 0 aliphatic heterocycles. The van der Waals surface area contributed by atoms with Gasteiger partial charge in [-0.25, -0.2) is 19.3 Å². The molecule has 0 saturated heterocycles. The van der Waals surface area contributed by atoms with Crippen LogP contribution in [-0.4, -0.2) is 34.3 Å². The van der Waals surface area contributed by atoms with Gasteiger partial charge in [0, 0.05) is 36.0 Å². The zero-order valence-electron chi connectivity index (χ0n) is 16.0. The highest BCUT2D eigenvalue weighted by Gasteiger charge is 2.21. The number of benzene rings is 1. The molecule has 0 amide bonds. The third kappa shape index (κ3) is 2.84. The molecule has 0 N–H and O–H groups in total. The van der Waals surface area contributed by atoms with E-state index in [0.717, 1.165) is 5.56 Å². The van der Waals surface area contributed by atoms with Gasteiger partial charge >= 0.3 is 0 Å². The van der Waals surface area contributed by atoms with Crippen LogP contribution < -0.4 is 0 Å². The van der Waals surface area contributed by atoms with Crippen LogP contribution in [0.2, 0.25) is 0 Å². The molecule has 1 atom stereocenters. The number of rotatable bonds is 4. The Bertz CT molecular complexity index is 1340. The van der Waals surface area contributed by atoms with Gasteiger partial charge < -0.3 is 4.57 Å². The Morgan fingerprint density at radius 3 is 2.79 bits per heavy atom. The zero-order chi connectivity index (χ0) is 20.0. The molecule has 0 spiro atoms. The van der Waals surface area contributed by atoms with Gasteiger partial charge in [0.05, 0.1) is 36.0 Å². The van der Waals surface area contributed by atoms with Crippen LogP contribution in [-0.2, 0) is 7.05 Å². The third-order valence-electron chi connectivity index (χ3n) is 5.12. The van der Waals surface area contributed by atoms with Crippen molar-refractivity contribution >= 4 is 22.2 Å². The summed E-state index contributed by atoms with van der Waals surface area (Å²) in [6.07, 6.45) is 9.32. The highest BCUT2D eigenvalue weighted by Crippen LogP contribution is 2.31. The van der Waals surface area contributed by atoms with E-state index in [-0.39, 0.29) is 11.9 Å². The van der Waals surface area contributed by atoms with Crippen molar-refractivity contribution in [3.05, 3.63) is 66.8 Å². The number of halogens is 1. The smallest absolute Gasteiger partial charge is 0.197 e. The number of imidazole rings is 1. The number of hydrogen-bond acceptors (Lipinski definition) is 5. The topological polar surface area (TPSA) is 74.3 Å². The van der Waals surface area contributed by atoms with Gasteiger partial charge in [0.2, 0.25) is 0 Å². The van der Waals surface area contributed by atoms with Crippen LogP contribution in [0.5, 0.6) is 0 Å². The van der Waals surface area contributed by atoms with E-state index < -0.39 is 0 Å². The summed E-state index contributed by atoms with van der Waals surface area (Å²) >= 11 is 0.